The fourth-order valence-corrected chi connectivity index (χ4v) is 4.82. The second-order valence-electron chi connectivity index (χ2n) is 9.74. The Morgan fingerprint density at radius 1 is 0.912 bits per heavy atom. The Labute approximate surface area is 207 Å². The van der Waals surface area contributed by atoms with Crippen molar-refractivity contribution in [3.8, 4) is 11.5 Å². The van der Waals surface area contributed by atoms with E-state index in [1.807, 2.05) is 18.2 Å². The summed E-state index contributed by atoms with van der Waals surface area (Å²) in [7, 11) is 0. The number of benzene rings is 1. The molecular formula is C25H34N6O2S. The molecule has 0 atom stereocenters. The Morgan fingerprint density at radius 2 is 1.50 bits per heavy atom. The number of nitrogens with one attached hydrogen (secondary N) is 2. The zero-order chi connectivity index (χ0) is 23.5. The summed E-state index contributed by atoms with van der Waals surface area (Å²) in [6, 6.07) is 8.06. The van der Waals surface area contributed by atoms with E-state index >= 15 is 0 Å². The molecule has 0 bridgehead atoms. The third-order valence-electron chi connectivity index (χ3n) is 7.03. The SMILES string of the molecule is CC1CCN(c2cc(N3CCC(C)CC3)nc(NC(=S)NCc3ccc4c(c3)OCO4)n2)CC1. The van der Waals surface area contributed by atoms with Crippen molar-refractivity contribution in [1.29, 1.82) is 0 Å². The first-order valence-corrected chi connectivity index (χ1v) is 12.8. The lowest BCUT2D eigenvalue weighted by molar-refractivity contribution is 0.174. The van der Waals surface area contributed by atoms with E-state index in [-0.39, 0.29) is 6.79 Å². The molecule has 182 valence electrons. The van der Waals surface area contributed by atoms with E-state index in [4.69, 9.17) is 31.7 Å². The summed E-state index contributed by atoms with van der Waals surface area (Å²) in [5.74, 6) is 5.60. The molecule has 8 nitrogen and oxygen atoms in total. The van der Waals surface area contributed by atoms with E-state index in [0.717, 1.165) is 66.7 Å². The molecule has 0 radical (unpaired) electrons. The quantitative estimate of drug-likeness (QED) is 0.611. The van der Waals surface area contributed by atoms with Crippen molar-refractivity contribution in [3.05, 3.63) is 29.8 Å². The third kappa shape index (κ3) is 5.46. The normalized spacial score (nSPS) is 18.8. The van der Waals surface area contributed by atoms with Crippen LogP contribution in [0.25, 0.3) is 0 Å². The molecule has 2 fully saturated rings. The predicted octanol–water partition coefficient (Wildman–Crippen LogP) is 4.16. The van der Waals surface area contributed by atoms with Crippen LogP contribution in [0.5, 0.6) is 11.5 Å². The van der Waals surface area contributed by atoms with Gasteiger partial charge < -0.3 is 29.9 Å². The van der Waals surface area contributed by atoms with Crippen molar-refractivity contribution in [3.63, 3.8) is 0 Å². The summed E-state index contributed by atoms with van der Waals surface area (Å²) in [6.45, 7) is 9.62. The van der Waals surface area contributed by atoms with Gasteiger partial charge in [0.25, 0.3) is 0 Å². The fraction of sp³-hybridized carbons (Fsp3) is 0.560. The number of rotatable bonds is 5. The second kappa shape index (κ2) is 10.2. The number of nitrogens with zero attached hydrogens (tertiary/aromatic N) is 4. The van der Waals surface area contributed by atoms with E-state index in [9.17, 15) is 0 Å². The molecule has 1 aromatic carbocycles. The van der Waals surface area contributed by atoms with Crippen molar-refractivity contribution < 1.29 is 9.47 Å². The number of hydrogen-bond acceptors (Lipinski definition) is 7. The van der Waals surface area contributed by atoms with Crippen molar-refractivity contribution in [2.24, 2.45) is 11.8 Å². The molecule has 9 heteroatoms. The minimum absolute atomic E-state index is 0.272. The van der Waals surface area contributed by atoms with Crippen LogP contribution in [-0.2, 0) is 6.54 Å². The number of piperidine rings is 2. The van der Waals surface area contributed by atoms with Gasteiger partial charge in [0.2, 0.25) is 12.7 Å². The topological polar surface area (TPSA) is 74.8 Å². The van der Waals surface area contributed by atoms with Crippen LogP contribution in [0.1, 0.15) is 45.1 Å². The molecule has 3 aliphatic heterocycles. The van der Waals surface area contributed by atoms with Gasteiger partial charge in [0.15, 0.2) is 16.6 Å². The second-order valence-corrected chi connectivity index (χ2v) is 10.2. The highest BCUT2D eigenvalue weighted by atomic mass is 32.1. The highest BCUT2D eigenvalue weighted by molar-refractivity contribution is 7.80. The number of ether oxygens (including phenoxy) is 2. The van der Waals surface area contributed by atoms with Gasteiger partial charge in [-0.1, -0.05) is 19.9 Å². The highest BCUT2D eigenvalue weighted by Crippen LogP contribution is 2.32. The molecule has 2 N–H and O–H groups in total. The molecule has 1 aromatic heterocycles. The van der Waals surface area contributed by atoms with Gasteiger partial charge in [0.05, 0.1) is 0 Å². The number of thiocarbonyl (C=S) groups is 1. The van der Waals surface area contributed by atoms with Crippen molar-refractivity contribution in [2.75, 3.05) is 48.1 Å². The van der Waals surface area contributed by atoms with Crippen LogP contribution >= 0.6 is 12.2 Å². The first-order valence-electron chi connectivity index (χ1n) is 12.4. The smallest absolute Gasteiger partial charge is 0.232 e. The van der Waals surface area contributed by atoms with Crippen LogP contribution in [0.2, 0.25) is 0 Å². The maximum atomic E-state index is 5.58. The van der Waals surface area contributed by atoms with E-state index in [0.29, 0.717) is 17.6 Å². The number of fused-ring (bicyclic) bond motifs is 1. The van der Waals surface area contributed by atoms with Crippen LogP contribution in [0.3, 0.4) is 0 Å². The van der Waals surface area contributed by atoms with E-state index in [1.54, 1.807) is 0 Å². The van der Waals surface area contributed by atoms with Crippen LogP contribution in [-0.4, -0.2) is 48.1 Å². The molecule has 34 heavy (non-hydrogen) atoms. The Hall–Kier alpha value is -2.81. The van der Waals surface area contributed by atoms with Crippen molar-refractivity contribution >= 4 is 34.9 Å². The Kier molecular flexibility index (Phi) is 6.89. The molecule has 0 saturated carbocycles. The summed E-state index contributed by atoms with van der Waals surface area (Å²) in [5.41, 5.74) is 1.06. The first kappa shape index (κ1) is 23.0. The van der Waals surface area contributed by atoms with Gasteiger partial charge in [-0.2, -0.15) is 9.97 Å². The first-order chi connectivity index (χ1) is 16.5. The summed E-state index contributed by atoms with van der Waals surface area (Å²) < 4.78 is 10.9. The summed E-state index contributed by atoms with van der Waals surface area (Å²) >= 11 is 5.58. The van der Waals surface area contributed by atoms with Gasteiger partial charge in [0.1, 0.15) is 11.6 Å². The lowest BCUT2D eigenvalue weighted by Gasteiger charge is -2.34. The van der Waals surface area contributed by atoms with E-state index < -0.39 is 0 Å². The van der Waals surface area contributed by atoms with Gasteiger partial charge >= 0.3 is 0 Å². The van der Waals surface area contributed by atoms with Gasteiger partial charge in [-0.15, -0.1) is 0 Å². The molecule has 2 aromatic rings. The highest BCUT2D eigenvalue weighted by Gasteiger charge is 2.22. The Bertz CT molecular complexity index is 978. The maximum Gasteiger partial charge on any atom is 0.232 e. The summed E-state index contributed by atoms with van der Waals surface area (Å²) in [6.07, 6.45) is 4.77. The molecule has 5 rings (SSSR count). The monoisotopic (exact) mass is 482 g/mol. The van der Waals surface area contributed by atoms with Gasteiger partial charge in [-0.3, -0.25) is 0 Å². The molecular weight excluding hydrogens is 448 g/mol. The number of aromatic nitrogens is 2. The third-order valence-corrected chi connectivity index (χ3v) is 7.28. The molecule has 2 saturated heterocycles. The predicted molar refractivity (Wildman–Crippen MR) is 139 cm³/mol. The molecule has 3 aliphatic rings. The summed E-state index contributed by atoms with van der Waals surface area (Å²) in [4.78, 5) is 14.5. The largest absolute Gasteiger partial charge is 0.454 e. The molecule has 0 amide bonds. The van der Waals surface area contributed by atoms with Crippen molar-refractivity contribution in [2.45, 2.75) is 46.1 Å². The number of hydrogen-bond donors (Lipinski definition) is 2. The minimum Gasteiger partial charge on any atom is -0.454 e. The van der Waals surface area contributed by atoms with Gasteiger partial charge in [-0.25, -0.2) is 0 Å². The lowest BCUT2D eigenvalue weighted by atomic mass is 9.99. The molecule has 0 aliphatic carbocycles. The molecule has 0 unspecified atom stereocenters. The Balaban J connectivity index is 1.28. The van der Waals surface area contributed by atoms with E-state index in [2.05, 4.69) is 40.3 Å². The molecule has 4 heterocycles. The maximum absolute atomic E-state index is 5.58. The van der Waals surface area contributed by atoms with E-state index in [1.165, 1.54) is 25.7 Å². The average molecular weight is 483 g/mol. The van der Waals surface area contributed by atoms with Crippen molar-refractivity contribution in [1.82, 2.24) is 15.3 Å². The number of anilines is 3. The average Bonchev–Trinajstić information content (AvgIpc) is 3.31. The van der Waals surface area contributed by atoms with Gasteiger partial charge in [0, 0.05) is 38.8 Å². The standard InChI is InChI=1S/C25H34N6O2S/c1-17-5-9-30(10-6-17)22-14-23(31-11-7-18(2)8-12-31)28-24(27-22)29-25(34)26-15-19-3-4-20-21(13-19)33-16-32-20/h3-4,13-14,17-18H,5-12,15-16H2,1-2H3,(H2,26,27,28,29,34). The zero-order valence-electron chi connectivity index (χ0n) is 20.0. The minimum atomic E-state index is 0.272. The molecule has 0 spiro atoms. The van der Waals surface area contributed by atoms with Crippen LogP contribution < -0.4 is 29.9 Å². The van der Waals surface area contributed by atoms with Crippen LogP contribution in [0.15, 0.2) is 24.3 Å². The van der Waals surface area contributed by atoms with Crippen LogP contribution in [0.4, 0.5) is 17.6 Å². The summed E-state index contributed by atoms with van der Waals surface area (Å²) in [5, 5.41) is 7.00. The lowest BCUT2D eigenvalue weighted by Crippen LogP contribution is -2.36. The fourth-order valence-electron chi connectivity index (χ4n) is 4.66. The van der Waals surface area contributed by atoms with Crippen LogP contribution in [0, 0.1) is 11.8 Å². The Morgan fingerprint density at radius 3 is 2.12 bits per heavy atom. The zero-order valence-corrected chi connectivity index (χ0v) is 20.9. The van der Waals surface area contributed by atoms with Gasteiger partial charge in [-0.05, 0) is 67.4 Å².